The van der Waals surface area contributed by atoms with Gasteiger partial charge in [-0.05, 0) is 23.8 Å². The second kappa shape index (κ2) is 7.77. The van der Waals surface area contributed by atoms with E-state index in [0.29, 0.717) is 13.1 Å². The Kier molecular flexibility index (Phi) is 5.48. The highest BCUT2D eigenvalue weighted by Gasteiger charge is 2.29. The number of nitrogens with zero attached hydrogens (tertiary/aromatic N) is 6. The number of rotatable bonds is 6. The molecular weight excluding hydrogens is 330 g/mol. The van der Waals surface area contributed by atoms with E-state index in [1.807, 2.05) is 6.92 Å². The van der Waals surface area contributed by atoms with Gasteiger partial charge < -0.3 is 10.4 Å². The molecule has 130 valence electrons. The number of likely N-dealkylation sites (tertiary alicyclic amines) is 1. The van der Waals surface area contributed by atoms with E-state index < -0.39 is 6.10 Å². The van der Waals surface area contributed by atoms with Crippen LogP contribution in [0.5, 0.6) is 0 Å². The van der Waals surface area contributed by atoms with E-state index in [2.05, 4.69) is 36.1 Å². The second-order valence-corrected chi connectivity index (χ2v) is 7.01. The highest BCUT2D eigenvalue weighted by Crippen LogP contribution is 2.16. The minimum Gasteiger partial charge on any atom is -0.390 e. The van der Waals surface area contributed by atoms with E-state index in [1.54, 1.807) is 11.3 Å². The Morgan fingerprint density at radius 3 is 3.08 bits per heavy atom. The first-order chi connectivity index (χ1) is 11.6. The van der Waals surface area contributed by atoms with Gasteiger partial charge in [0.25, 0.3) is 0 Å². The lowest BCUT2D eigenvalue weighted by molar-refractivity contribution is -0.123. The molecule has 1 amide bonds. The molecule has 1 fully saturated rings. The molecule has 1 aliphatic heterocycles. The molecule has 3 heterocycles. The first-order valence-electron chi connectivity index (χ1n) is 7.91. The van der Waals surface area contributed by atoms with Gasteiger partial charge in [0.05, 0.1) is 29.4 Å². The maximum Gasteiger partial charge on any atom is 0.222 e. The van der Waals surface area contributed by atoms with E-state index in [0.717, 1.165) is 30.2 Å². The van der Waals surface area contributed by atoms with Crippen LogP contribution in [0.1, 0.15) is 23.5 Å². The Morgan fingerprint density at radius 1 is 1.54 bits per heavy atom. The Labute approximate surface area is 143 Å². The van der Waals surface area contributed by atoms with Crippen LogP contribution in [0.25, 0.3) is 0 Å². The van der Waals surface area contributed by atoms with Crippen LogP contribution in [0.4, 0.5) is 0 Å². The number of aromatic nitrogens is 5. The molecule has 0 spiro atoms. The number of nitrogens with one attached hydrogen (secondary N) is 1. The summed E-state index contributed by atoms with van der Waals surface area (Å²) in [6.07, 6.45) is 1.91. The quantitative estimate of drug-likeness (QED) is 0.727. The molecule has 1 saturated heterocycles. The first-order valence-corrected chi connectivity index (χ1v) is 8.79. The predicted octanol–water partition coefficient (Wildman–Crippen LogP) is -0.420. The summed E-state index contributed by atoms with van der Waals surface area (Å²) in [7, 11) is 0. The van der Waals surface area contributed by atoms with Crippen LogP contribution in [0.3, 0.4) is 0 Å². The number of thiazole rings is 1. The molecule has 2 aromatic rings. The zero-order valence-electron chi connectivity index (χ0n) is 13.5. The van der Waals surface area contributed by atoms with Crippen LogP contribution in [-0.4, -0.2) is 66.3 Å². The van der Waals surface area contributed by atoms with Gasteiger partial charge in [-0.2, -0.15) is 0 Å². The summed E-state index contributed by atoms with van der Waals surface area (Å²) in [6.45, 7) is 4.51. The molecule has 9 nitrogen and oxygen atoms in total. The van der Waals surface area contributed by atoms with E-state index in [9.17, 15) is 9.90 Å². The summed E-state index contributed by atoms with van der Waals surface area (Å²) in [5.41, 5.74) is 1.04. The fraction of sp³-hybridized carbons (Fsp3) is 0.643. The third-order valence-electron chi connectivity index (χ3n) is 4.02. The molecule has 0 aromatic carbocycles. The molecule has 2 N–H and O–H groups in total. The first kappa shape index (κ1) is 16.9. The van der Waals surface area contributed by atoms with Gasteiger partial charge in [0.15, 0.2) is 0 Å². The second-order valence-electron chi connectivity index (χ2n) is 5.95. The van der Waals surface area contributed by atoms with E-state index >= 15 is 0 Å². The number of hydrogen-bond donors (Lipinski definition) is 2. The SMILES string of the molecule is Cc1nc(CN2CC[C@@H](NC(=O)CCn3cnnn3)[C@H](O)C2)cs1. The van der Waals surface area contributed by atoms with Gasteiger partial charge in [-0.3, -0.25) is 9.69 Å². The van der Waals surface area contributed by atoms with Gasteiger partial charge in [-0.25, -0.2) is 9.67 Å². The topological polar surface area (TPSA) is 109 Å². The highest BCUT2D eigenvalue weighted by atomic mass is 32.1. The molecule has 0 saturated carbocycles. The average molecular weight is 351 g/mol. The van der Waals surface area contributed by atoms with Crippen LogP contribution in [0, 0.1) is 6.92 Å². The number of tetrazole rings is 1. The van der Waals surface area contributed by atoms with Gasteiger partial charge in [0.2, 0.25) is 5.91 Å². The van der Waals surface area contributed by atoms with Gasteiger partial charge in [-0.15, -0.1) is 16.4 Å². The van der Waals surface area contributed by atoms with Crippen LogP contribution >= 0.6 is 11.3 Å². The molecule has 24 heavy (non-hydrogen) atoms. The van der Waals surface area contributed by atoms with Gasteiger partial charge in [-0.1, -0.05) is 0 Å². The lowest BCUT2D eigenvalue weighted by Gasteiger charge is -2.35. The van der Waals surface area contributed by atoms with Crippen molar-refractivity contribution in [3.8, 4) is 0 Å². The van der Waals surface area contributed by atoms with Crippen molar-refractivity contribution in [1.29, 1.82) is 0 Å². The summed E-state index contributed by atoms with van der Waals surface area (Å²) in [5, 5.41) is 27.1. The van der Waals surface area contributed by atoms with Crippen LogP contribution in [-0.2, 0) is 17.9 Å². The largest absolute Gasteiger partial charge is 0.390 e. The summed E-state index contributed by atoms with van der Waals surface area (Å²) in [6, 6.07) is -0.209. The lowest BCUT2D eigenvalue weighted by Crippen LogP contribution is -2.53. The minimum atomic E-state index is -0.574. The summed E-state index contributed by atoms with van der Waals surface area (Å²) >= 11 is 1.63. The monoisotopic (exact) mass is 351 g/mol. The number of aryl methyl sites for hydroxylation is 2. The van der Waals surface area contributed by atoms with Crippen molar-refractivity contribution < 1.29 is 9.90 Å². The van der Waals surface area contributed by atoms with Crippen molar-refractivity contribution in [1.82, 2.24) is 35.4 Å². The van der Waals surface area contributed by atoms with Gasteiger partial charge in [0.1, 0.15) is 6.33 Å². The summed E-state index contributed by atoms with van der Waals surface area (Å²) in [5.74, 6) is -0.0990. The number of aliphatic hydroxyl groups excluding tert-OH is 1. The van der Waals surface area contributed by atoms with Gasteiger partial charge >= 0.3 is 0 Å². The molecule has 0 aliphatic carbocycles. The highest BCUT2D eigenvalue weighted by molar-refractivity contribution is 7.09. The zero-order valence-corrected chi connectivity index (χ0v) is 14.3. The number of aliphatic hydroxyl groups is 1. The summed E-state index contributed by atoms with van der Waals surface area (Å²) in [4.78, 5) is 18.6. The third kappa shape index (κ3) is 4.56. The fourth-order valence-electron chi connectivity index (χ4n) is 2.80. The minimum absolute atomic E-state index is 0.0990. The van der Waals surface area contributed by atoms with Crippen LogP contribution < -0.4 is 5.32 Å². The number of piperidine rings is 1. The van der Waals surface area contributed by atoms with Crippen molar-refractivity contribution in [2.75, 3.05) is 13.1 Å². The number of carbonyl (C=O) groups excluding carboxylic acids is 1. The maximum absolute atomic E-state index is 12.0. The van der Waals surface area contributed by atoms with Crippen LogP contribution in [0.2, 0.25) is 0 Å². The molecular formula is C14H21N7O2S. The molecule has 0 bridgehead atoms. The molecule has 0 unspecified atom stereocenters. The van der Waals surface area contributed by atoms with Crippen molar-refractivity contribution in [2.24, 2.45) is 0 Å². The Morgan fingerprint density at radius 2 is 2.42 bits per heavy atom. The van der Waals surface area contributed by atoms with Crippen molar-refractivity contribution in [2.45, 2.75) is 45.0 Å². The maximum atomic E-state index is 12.0. The van der Waals surface area contributed by atoms with Crippen molar-refractivity contribution in [3.05, 3.63) is 22.4 Å². The zero-order chi connectivity index (χ0) is 16.9. The Bertz CT molecular complexity index is 660. The number of β-amino-alcohol motifs (C(OH)–C–C–N with tert-alkyl or cyclic N) is 1. The van der Waals surface area contributed by atoms with Gasteiger partial charge in [0, 0.05) is 31.4 Å². The predicted molar refractivity (Wildman–Crippen MR) is 87.1 cm³/mol. The van der Waals surface area contributed by atoms with Crippen molar-refractivity contribution >= 4 is 17.2 Å². The number of carbonyl (C=O) groups is 1. The van der Waals surface area contributed by atoms with E-state index in [4.69, 9.17) is 0 Å². The summed E-state index contributed by atoms with van der Waals surface area (Å²) < 4.78 is 1.51. The third-order valence-corrected chi connectivity index (χ3v) is 4.85. The molecule has 10 heteroatoms. The molecule has 0 radical (unpaired) electrons. The van der Waals surface area contributed by atoms with Crippen molar-refractivity contribution in [3.63, 3.8) is 0 Å². The lowest BCUT2D eigenvalue weighted by atomic mass is 10.0. The average Bonchev–Trinajstić information content (AvgIpc) is 3.20. The van der Waals surface area contributed by atoms with E-state index in [-0.39, 0.29) is 18.4 Å². The normalized spacial score (nSPS) is 21.8. The number of hydrogen-bond acceptors (Lipinski definition) is 8. The molecule has 2 atom stereocenters. The fourth-order valence-corrected chi connectivity index (χ4v) is 3.40. The van der Waals surface area contributed by atoms with E-state index in [1.165, 1.54) is 11.0 Å². The smallest absolute Gasteiger partial charge is 0.222 e. The molecule has 2 aromatic heterocycles. The Hall–Kier alpha value is -1.91. The van der Waals surface area contributed by atoms with Crippen LogP contribution in [0.15, 0.2) is 11.7 Å². The Balaban J connectivity index is 1.42. The molecule has 1 aliphatic rings. The number of amides is 1. The standard InChI is InChI=1S/C14H21N7O2S/c1-10-16-11(8-24-10)6-20-4-2-12(13(22)7-20)17-14(23)3-5-21-9-15-18-19-21/h8-9,12-13,22H,2-7H2,1H3,(H,17,23)/t12-,13-/m1/s1. The molecule has 3 rings (SSSR count).